The van der Waals surface area contributed by atoms with Gasteiger partial charge in [0.25, 0.3) is 0 Å². The Kier molecular flexibility index (Phi) is 44.3. The Morgan fingerprint density at radius 3 is 1.21 bits per heavy atom. The molecule has 33 N–H and O–H groups in total. The number of carbonyl (C=O) groups excluding carboxylic acids is 18. The number of carboxylic acids is 1. The Balaban J connectivity index is 1.49. The lowest BCUT2D eigenvalue weighted by molar-refractivity contribution is -0.141. The Labute approximate surface area is 757 Å². The number of aromatic amines is 2. The summed E-state index contributed by atoms with van der Waals surface area (Å²) in [6.07, 6.45) is -3.84. The predicted octanol–water partition coefficient (Wildman–Crippen LogP) is -6.74. The topological polar surface area (TPSA) is 777 Å². The number of primary amides is 4. The highest BCUT2D eigenvalue weighted by molar-refractivity contribution is 7.80. The fourth-order valence-corrected chi connectivity index (χ4v) is 13.9. The van der Waals surface area contributed by atoms with Crippen LogP contribution >= 0.6 is 25.3 Å². The van der Waals surface area contributed by atoms with Crippen molar-refractivity contribution in [2.45, 2.75) is 215 Å². The highest BCUT2D eigenvalue weighted by Gasteiger charge is 2.40. The lowest BCUT2D eigenvalue weighted by Crippen LogP contribution is -2.62. The van der Waals surface area contributed by atoms with Crippen LogP contribution in [0.4, 0.5) is 0 Å². The molecule has 15 atom stereocenters. The van der Waals surface area contributed by atoms with Gasteiger partial charge in [-0.05, 0) is 112 Å². The minimum absolute atomic E-state index is 0.0403. The number of aliphatic hydroxyl groups excluding tert-OH is 1. The Bertz CT molecular complexity index is 4840. The van der Waals surface area contributed by atoms with Gasteiger partial charge in [0.05, 0.1) is 19.1 Å². The number of nitrogens with one attached hydrogen (secondary N) is 18. The molecule has 48 heteroatoms. The molecule has 0 fully saturated rings. The number of guanidine groups is 1. The molecule has 130 heavy (non-hydrogen) atoms. The minimum Gasteiger partial charge on any atom is -0.508 e. The average Bonchev–Trinajstić information content (AvgIpc) is 1.69. The van der Waals surface area contributed by atoms with Crippen molar-refractivity contribution in [3.63, 3.8) is 0 Å². The van der Waals surface area contributed by atoms with Gasteiger partial charge >= 0.3 is 5.97 Å². The summed E-state index contributed by atoms with van der Waals surface area (Å²) < 4.78 is 0. The molecule has 18 amide bonds. The number of H-pyrrole nitrogens is 2. The summed E-state index contributed by atoms with van der Waals surface area (Å²) in [6, 6.07) is -2.87. The summed E-state index contributed by atoms with van der Waals surface area (Å²) in [5, 5.41) is 77.3. The van der Waals surface area contributed by atoms with E-state index >= 15 is 14.4 Å². The van der Waals surface area contributed by atoms with Crippen molar-refractivity contribution in [1.82, 2.24) is 89.7 Å². The molecule has 2 heterocycles. The summed E-state index contributed by atoms with van der Waals surface area (Å²) in [7, 11) is 0. The summed E-state index contributed by atoms with van der Waals surface area (Å²) in [5.41, 5.74) is 35.1. The van der Waals surface area contributed by atoms with Crippen LogP contribution in [-0.2, 0) is 110 Å². The molecule has 0 aliphatic rings. The maximum Gasteiger partial charge on any atom is 0.305 e. The number of nitrogens with two attached hydrogens (primary N) is 6. The van der Waals surface area contributed by atoms with E-state index < -0.39 is 272 Å². The second-order valence-corrected chi connectivity index (χ2v) is 31.6. The van der Waals surface area contributed by atoms with Crippen molar-refractivity contribution in [3.05, 3.63) is 102 Å². The number of phenols is 1. The first kappa shape index (κ1) is 107. The molecule has 0 unspecified atom stereocenters. The lowest BCUT2D eigenvalue weighted by atomic mass is 9.96. The number of unbranched alkanes of at least 4 members (excludes halogenated alkanes) is 1. The fraction of sp³-hybridized carbons (Fsp3) is 0.488. The number of carbonyl (C=O) groups is 19. The third kappa shape index (κ3) is 35.9. The van der Waals surface area contributed by atoms with E-state index in [1.54, 1.807) is 68.6 Å². The van der Waals surface area contributed by atoms with Crippen molar-refractivity contribution in [3.8, 4) is 5.75 Å². The van der Waals surface area contributed by atoms with Crippen LogP contribution in [0.1, 0.15) is 128 Å². The van der Waals surface area contributed by atoms with Gasteiger partial charge in [0.15, 0.2) is 5.96 Å². The molecule has 0 aliphatic carbocycles. The summed E-state index contributed by atoms with van der Waals surface area (Å²) in [5.74, 6) is -22.5. The van der Waals surface area contributed by atoms with Gasteiger partial charge in [-0.25, -0.2) is 0 Å². The SMILES string of the molecule is CC[C@H](C)[C@H](NC(=O)[C@H](Cc1c[nH]c2ccccc12)NC(=O)[C@H](Cc1ccc(O)cc1)NC(=O)[C@H](CS)NC(=O)[C@H](CCC(N)=O)NC(=O)[C@H](Cc1c[nH]c2ccccc12)NC(=O)[C@@H](NC(=O)[C@H](CCC(N)=O)NC(=O)[C@H](CS)NC(C)=O)[C@@H](C)O)C(=O)N[C@@H](CCCCN)C(=O)N[C@@H](CCCNC(=N)N)C(=O)N[C@@H](CC(=O)O)C(=O)N[C@@H](CCC(N)=O)C(=O)NCC(N)=O. The average molecular weight is 1860 g/mol. The molecule has 0 bridgehead atoms. The number of aliphatic hydroxyl groups is 1. The summed E-state index contributed by atoms with van der Waals surface area (Å²) >= 11 is 8.48. The number of thiol groups is 2. The van der Waals surface area contributed by atoms with Gasteiger partial charge in [0.2, 0.25) is 106 Å². The monoisotopic (exact) mass is 1850 g/mol. The van der Waals surface area contributed by atoms with Crippen LogP contribution in [0.5, 0.6) is 5.75 Å². The number of para-hydroxylation sites is 2. The first-order valence-corrected chi connectivity index (χ1v) is 42.9. The van der Waals surface area contributed by atoms with Crippen LogP contribution in [-0.4, -0.2) is 259 Å². The molecule has 0 saturated heterocycles. The summed E-state index contributed by atoms with van der Waals surface area (Å²) in [4.78, 5) is 267. The molecule has 5 rings (SSSR count). The van der Waals surface area contributed by atoms with Crippen LogP contribution < -0.4 is 114 Å². The van der Waals surface area contributed by atoms with Crippen LogP contribution in [0.15, 0.2) is 85.2 Å². The number of fused-ring (bicyclic) bond motifs is 2. The largest absolute Gasteiger partial charge is 0.508 e. The Morgan fingerprint density at radius 1 is 0.415 bits per heavy atom. The van der Waals surface area contributed by atoms with E-state index in [9.17, 15) is 92.0 Å². The van der Waals surface area contributed by atoms with Crippen molar-refractivity contribution in [2.75, 3.05) is 31.1 Å². The number of hydrogen-bond donors (Lipinski definition) is 29. The zero-order chi connectivity index (χ0) is 96.6. The zero-order valence-corrected chi connectivity index (χ0v) is 73.8. The smallest absolute Gasteiger partial charge is 0.305 e. The molecular weight excluding hydrogens is 1740 g/mol. The van der Waals surface area contributed by atoms with E-state index in [4.69, 9.17) is 39.8 Å². The fourth-order valence-electron chi connectivity index (χ4n) is 13.4. The molecule has 46 nitrogen and oxygen atoms in total. The predicted molar refractivity (Wildman–Crippen MR) is 477 cm³/mol. The third-order valence-electron chi connectivity index (χ3n) is 20.6. The number of aromatic hydroxyl groups is 1. The lowest BCUT2D eigenvalue weighted by Gasteiger charge is -2.30. The normalized spacial score (nSPS) is 14.6. The second-order valence-electron chi connectivity index (χ2n) is 30.9. The molecule has 2 aromatic heterocycles. The first-order chi connectivity index (χ1) is 61.6. The summed E-state index contributed by atoms with van der Waals surface area (Å²) in [6.45, 7) is 4.82. The van der Waals surface area contributed by atoms with Crippen molar-refractivity contribution >= 4 is 165 Å². The van der Waals surface area contributed by atoms with Crippen LogP contribution in [0.3, 0.4) is 0 Å². The van der Waals surface area contributed by atoms with Gasteiger partial charge in [0, 0.05) is 97.7 Å². The number of hydrogen-bond acceptors (Lipinski definition) is 25. The highest BCUT2D eigenvalue weighted by atomic mass is 32.1. The maximum atomic E-state index is 15.4. The molecule has 5 aromatic rings. The number of aliphatic carboxylic acids is 1. The van der Waals surface area contributed by atoms with Gasteiger partial charge in [-0.2, -0.15) is 25.3 Å². The standard InChI is InChI=1S/C82H118N24O22S2/c1-5-40(2)67(80(127)99-51(17-10-11-29-83)70(117)95-52(18-12-30-90-82(88)89)71(118)102-59(34-66(114)115)76(123)96-53(23-26-62(84)110)69(116)93-37-65(87)113)105-77(124)58(33-45-36-92-50-16-9-7-14-48(45)50)101-74(121)56(31-43-19-21-46(109)22-20-43)100-79(126)61(39-130)104-72(119)54(24-27-63(85)111)97-75(122)57(32-44-35-91-49-15-8-6-13-47(44)49)103-81(128)68(41(3)107)106-73(120)55(25-28-64(86)112)98-78(125)60(38-129)94-42(4)108/h6-9,13-16,19-22,35-36,40-41,51-61,67-68,91-92,107,109,129-130H,5,10-12,17-18,23-34,37-39,83H2,1-4H3,(H2,84,110)(H2,85,111)(H2,86,112)(H2,87,113)(H,93,116)(H,94,108)(H,95,117)(H,96,123)(H,97,122)(H,98,125)(H,99,127)(H,100,126)(H,101,121)(H,102,118)(H,103,128)(H,104,119)(H,105,124)(H,106,120)(H,114,115)(H4,88,89,90)/t40-,41+,51-,52-,53-,54-,55-,56-,57-,58-,59-,60-,61-,67-,68-/m0/s1. The van der Waals surface area contributed by atoms with Crippen molar-refractivity contribution in [2.24, 2.45) is 40.3 Å². The van der Waals surface area contributed by atoms with Gasteiger partial charge in [0.1, 0.15) is 84.3 Å². The highest BCUT2D eigenvalue weighted by Crippen LogP contribution is 2.23. The van der Waals surface area contributed by atoms with Crippen molar-refractivity contribution < 1.29 is 106 Å². The number of phenolic OH excluding ortho intramolecular Hbond substituents is 1. The van der Waals surface area contributed by atoms with Crippen LogP contribution in [0.25, 0.3) is 21.8 Å². The zero-order valence-electron chi connectivity index (χ0n) is 72.0. The third-order valence-corrected chi connectivity index (χ3v) is 21.3. The number of carboxylic acid groups (broad SMARTS) is 1. The van der Waals surface area contributed by atoms with E-state index in [1.807, 2.05) is 0 Å². The molecule has 0 spiro atoms. The van der Waals surface area contributed by atoms with Gasteiger partial charge in [-0.15, -0.1) is 0 Å². The molecular formula is C82H118N24O22S2. The maximum absolute atomic E-state index is 15.4. The quantitative estimate of drug-likeness (QED) is 0.00745. The van der Waals surface area contributed by atoms with E-state index in [2.05, 4.69) is 115 Å². The van der Waals surface area contributed by atoms with Crippen LogP contribution in [0, 0.1) is 11.3 Å². The van der Waals surface area contributed by atoms with Crippen molar-refractivity contribution in [1.29, 1.82) is 5.41 Å². The van der Waals surface area contributed by atoms with Gasteiger partial charge in [-0.3, -0.25) is 96.5 Å². The van der Waals surface area contributed by atoms with E-state index in [1.165, 1.54) is 30.5 Å². The number of rotatable bonds is 58. The minimum atomic E-state index is -2.00. The Hall–Kier alpha value is -13.6. The molecule has 0 aliphatic heterocycles. The van der Waals surface area contributed by atoms with Gasteiger partial charge in [-0.1, -0.05) is 68.8 Å². The molecule has 3 aromatic carbocycles. The Morgan fingerprint density at radius 2 is 0.777 bits per heavy atom. The molecule has 0 saturated carbocycles. The van der Waals surface area contributed by atoms with E-state index in [0.717, 1.165) is 13.8 Å². The second kappa shape index (κ2) is 53.9. The first-order valence-electron chi connectivity index (χ1n) is 41.7. The molecule has 0 radical (unpaired) electrons. The van der Waals surface area contributed by atoms with E-state index in [0.29, 0.717) is 38.5 Å². The number of aromatic nitrogens is 2. The molecule has 710 valence electrons. The number of benzene rings is 3. The van der Waals surface area contributed by atoms with Crippen LogP contribution in [0.2, 0.25) is 0 Å². The van der Waals surface area contributed by atoms with E-state index in [-0.39, 0.29) is 76.0 Å². The van der Waals surface area contributed by atoms with Gasteiger partial charge < -0.3 is 139 Å². The number of amides is 18.